The number of aromatic nitrogens is 2. The number of para-hydroxylation sites is 2. The Bertz CT molecular complexity index is 732. The fraction of sp³-hybridized carbons (Fsp3) is 0.579. The van der Waals surface area contributed by atoms with Crippen LogP contribution >= 0.6 is 0 Å². The topological polar surface area (TPSA) is 59.4 Å². The summed E-state index contributed by atoms with van der Waals surface area (Å²) in [5.74, 6) is 1.08. The lowest BCUT2D eigenvalue weighted by molar-refractivity contribution is -0.134. The van der Waals surface area contributed by atoms with Crippen molar-refractivity contribution in [2.75, 3.05) is 32.8 Å². The number of benzene rings is 1. The number of carbonyl (C=O) groups excluding carboxylic acids is 1. The number of imidazole rings is 1. The van der Waals surface area contributed by atoms with Gasteiger partial charge in [0.2, 0.25) is 5.91 Å². The third-order valence-corrected chi connectivity index (χ3v) is 5.04. The van der Waals surface area contributed by atoms with Crippen molar-refractivity contribution in [1.82, 2.24) is 19.8 Å². The zero-order valence-electron chi connectivity index (χ0n) is 15.4. The summed E-state index contributed by atoms with van der Waals surface area (Å²) in [6.07, 6.45) is 0.730. The molecule has 1 aliphatic heterocycles. The predicted molar refractivity (Wildman–Crippen MR) is 98.6 cm³/mol. The van der Waals surface area contributed by atoms with Gasteiger partial charge in [0.1, 0.15) is 5.82 Å². The number of carbonyl (C=O) groups is 1. The van der Waals surface area contributed by atoms with Crippen molar-refractivity contribution >= 4 is 16.9 Å². The quantitative estimate of drug-likeness (QED) is 0.868. The molecular formula is C19H28N4O2. The maximum absolute atomic E-state index is 12.7. The van der Waals surface area contributed by atoms with E-state index in [1.54, 1.807) is 0 Å². The molecule has 1 amide bonds. The van der Waals surface area contributed by atoms with Crippen molar-refractivity contribution in [3.05, 3.63) is 30.1 Å². The van der Waals surface area contributed by atoms with Crippen LogP contribution in [0.25, 0.3) is 11.0 Å². The fourth-order valence-corrected chi connectivity index (χ4v) is 3.44. The minimum atomic E-state index is -0.519. The molecule has 1 aliphatic rings. The molecule has 25 heavy (non-hydrogen) atoms. The summed E-state index contributed by atoms with van der Waals surface area (Å²) in [6.45, 7) is 10.5. The molecule has 0 unspecified atom stereocenters. The molecule has 0 aliphatic carbocycles. The molecule has 0 atom stereocenters. The molecule has 3 rings (SSSR count). The molecular weight excluding hydrogens is 316 g/mol. The lowest BCUT2D eigenvalue weighted by Crippen LogP contribution is -2.58. The average Bonchev–Trinajstić information content (AvgIpc) is 2.99. The Balaban J connectivity index is 1.61. The fourth-order valence-electron chi connectivity index (χ4n) is 3.44. The number of nitrogens with one attached hydrogen (secondary N) is 1. The van der Waals surface area contributed by atoms with Crippen molar-refractivity contribution in [2.24, 2.45) is 0 Å². The number of nitrogens with zero attached hydrogens (tertiary/aromatic N) is 3. The summed E-state index contributed by atoms with van der Waals surface area (Å²) in [5, 5.41) is 3.09. The third kappa shape index (κ3) is 3.70. The van der Waals surface area contributed by atoms with Crippen LogP contribution in [0.4, 0.5) is 0 Å². The molecule has 1 saturated heterocycles. The summed E-state index contributed by atoms with van der Waals surface area (Å²) >= 11 is 0. The zero-order chi connectivity index (χ0) is 17.9. The first-order valence-electron chi connectivity index (χ1n) is 9.09. The van der Waals surface area contributed by atoms with Gasteiger partial charge in [-0.2, -0.15) is 0 Å². The van der Waals surface area contributed by atoms with Gasteiger partial charge in [-0.3, -0.25) is 9.69 Å². The van der Waals surface area contributed by atoms with Gasteiger partial charge in [0.15, 0.2) is 0 Å². The molecule has 2 heterocycles. The highest BCUT2D eigenvalue weighted by atomic mass is 16.5. The third-order valence-electron chi connectivity index (χ3n) is 5.04. The van der Waals surface area contributed by atoms with E-state index in [1.807, 2.05) is 32.0 Å². The molecule has 6 heteroatoms. The van der Waals surface area contributed by atoms with E-state index < -0.39 is 5.54 Å². The number of amides is 1. The molecule has 1 N–H and O–H groups in total. The number of fused-ring (bicyclic) bond motifs is 1. The lowest BCUT2D eigenvalue weighted by Gasteiger charge is -2.39. The number of hydrogen-bond donors (Lipinski definition) is 1. The van der Waals surface area contributed by atoms with Gasteiger partial charge in [-0.05, 0) is 32.9 Å². The highest BCUT2D eigenvalue weighted by Crippen LogP contribution is 2.18. The Hall–Kier alpha value is -1.92. The Morgan fingerprint density at radius 3 is 2.72 bits per heavy atom. The SMILES string of the molecule is CCn1c(CCNC(=O)C(C)(C)N2CCOCC2)nc2ccccc21. The van der Waals surface area contributed by atoms with E-state index in [-0.39, 0.29) is 5.91 Å². The molecule has 136 valence electrons. The number of rotatable bonds is 6. The van der Waals surface area contributed by atoms with Gasteiger partial charge in [0.25, 0.3) is 0 Å². The maximum Gasteiger partial charge on any atom is 0.239 e. The van der Waals surface area contributed by atoms with Gasteiger partial charge in [-0.25, -0.2) is 4.98 Å². The van der Waals surface area contributed by atoms with Crippen molar-refractivity contribution in [2.45, 2.75) is 39.3 Å². The zero-order valence-corrected chi connectivity index (χ0v) is 15.4. The van der Waals surface area contributed by atoms with Crippen LogP contribution in [0.15, 0.2) is 24.3 Å². The number of aryl methyl sites for hydroxylation is 1. The first kappa shape index (κ1) is 17.9. The summed E-state index contributed by atoms with van der Waals surface area (Å²) in [7, 11) is 0. The van der Waals surface area contributed by atoms with Crippen molar-refractivity contribution in [3.8, 4) is 0 Å². The number of morpholine rings is 1. The largest absolute Gasteiger partial charge is 0.379 e. The molecule has 1 aromatic heterocycles. The van der Waals surface area contributed by atoms with E-state index in [1.165, 1.54) is 0 Å². The van der Waals surface area contributed by atoms with E-state index in [4.69, 9.17) is 9.72 Å². The van der Waals surface area contributed by atoms with Gasteiger partial charge < -0.3 is 14.6 Å². The monoisotopic (exact) mass is 344 g/mol. The Morgan fingerprint density at radius 1 is 1.28 bits per heavy atom. The van der Waals surface area contributed by atoms with E-state index in [2.05, 4.69) is 27.8 Å². The van der Waals surface area contributed by atoms with Crippen LogP contribution in [-0.4, -0.2) is 58.7 Å². The van der Waals surface area contributed by atoms with E-state index in [0.717, 1.165) is 42.9 Å². The first-order chi connectivity index (χ1) is 12.0. The Labute approximate surface area is 149 Å². The second kappa shape index (κ2) is 7.54. The smallest absolute Gasteiger partial charge is 0.239 e. The van der Waals surface area contributed by atoms with Crippen LogP contribution in [0.3, 0.4) is 0 Å². The van der Waals surface area contributed by atoms with Crippen LogP contribution in [0.5, 0.6) is 0 Å². The molecule has 0 saturated carbocycles. The van der Waals surface area contributed by atoms with E-state index >= 15 is 0 Å². The average molecular weight is 344 g/mol. The second-order valence-corrected chi connectivity index (χ2v) is 6.93. The summed E-state index contributed by atoms with van der Waals surface area (Å²) in [6, 6.07) is 8.17. The van der Waals surface area contributed by atoms with Crippen LogP contribution in [0.2, 0.25) is 0 Å². The van der Waals surface area contributed by atoms with Crippen LogP contribution in [-0.2, 0) is 22.5 Å². The van der Waals surface area contributed by atoms with Gasteiger partial charge in [-0.15, -0.1) is 0 Å². The van der Waals surface area contributed by atoms with Gasteiger partial charge in [0.05, 0.1) is 29.8 Å². The predicted octanol–water partition coefficient (Wildman–Crippen LogP) is 1.83. The Morgan fingerprint density at radius 2 is 2.00 bits per heavy atom. The van der Waals surface area contributed by atoms with Crippen molar-refractivity contribution in [1.29, 1.82) is 0 Å². The maximum atomic E-state index is 12.7. The van der Waals surface area contributed by atoms with Crippen LogP contribution < -0.4 is 5.32 Å². The summed E-state index contributed by atoms with van der Waals surface area (Å²) < 4.78 is 7.60. The van der Waals surface area contributed by atoms with E-state index in [9.17, 15) is 4.79 Å². The Kier molecular flexibility index (Phi) is 5.39. The van der Waals surface area contributed by atoms with E-state index in [0.29, 0.717) is 19.8 Å². The van der Waals surface area contributed by atoms with Gasteiger partial charge in [0, 0.05) is 32.6 Å². The first-order valence-corrected chi connectivity index (χ1v) is 9.09. The second-order valence-electron chi connectivity index (χ2n) is 6.93. The van der Waals surface area contributed by atoms with Crippen LogP contribution in [0, 0.1) is 0 Å². The highest BCUT2D eigenvalue weighted by Gasteiger charge is 2.35. The molecule has 6 nitrogen and oxygen atoms in total. The molecule has 2 aromatic rings. The minimum absolute atomic E-state index is 0.0635. The van der Waals surface area contributed by atoms with Crippen molar-refractivity contribution in [3.63, 3.8) is 0 Å². The standard InChI is InChI=1S/C19H28N4O2/c1-4-23-16-8-6-5-7-15(16)21-17(23)9-10-20-18(24)19(2,3)22-11-13-25-14-12-22/h5-8H,4,9-14H2,1-3H3,(H,20,24). The number of hydrogen-bond acceptors (Lipinski definition) is 4. The van der Waals surface area contributed by atoms with Gasteiger partial charge in [-0.1, -0.05) is 12.1 Å². The molecule has 0 spiro atoms. The normalized spacial score (nSPS) is 16.3. The lowest BCUT2D eigenvalue weighted by atomic mass is 10.0. The molecule has 1 fully saturated rings. The van der Waals surface area contributed by atoms with Gasteiger partial charge >= 0.3 is 0 Å². The van der Waals surface area contributed by atoms with Crippen molar-refractivity contribution < 1.29 is 9.53 Å². The molecule has 0 radical (unpaired) electrons. The summed E-state index contributed by atoms with van der Waals surface area (Å²) in [5.41, 5.74) is 1.65. The highest BCUT2D eigenvalue weighted by molar-refractivity contribution is 5.85. The minimum Gasteiger partial charge on any atom is -0.379 e. The molecule has 0 bridgehead atoms. The van der Waals surface area contributed by atoms with Crippen LogP contribution in [0.1, 0.15) is 26.6 Å². The molecule has 1 aromatic carbocycles. The number of ether oxygens (including phenoxy) is 1. The summed E-state index contributed by atoms with van der Waals surface area (Å²) in [4.78, 5) is 19.6.